The molecule has 0 bridgehead atoms. The van der Waals surface area contributed by atoms with E-state index in [9.17, 15) is 4.79 Å². The summed E-state index contributed by atoms with van der Waals surface area (Å²) in [6.45, 7) is 5.82. The van der Waals surface area contributed by atoms with E-state index in [-0.39, 0.29) is 36.1 Å². The van der Waals surface area contributed by atoms with Crippen molar-refractivity contribution in [3.05, 3.63) is 40.9 Å². The summed E-state index contributed by atoms with van der Waals surface area (Å²) in [6, 6.07) is 7.55. The second-order valence-electron chi connectivity index (χ2n) is 6.33. The minimum absolute atomic E-state index is 0. The summed E-state index contributed by atoms with van der Waals surface area (Å²) >= 11 is 6.28. The Hall–Kier alpha value is -1.63. The molecule has 0 radical (unpaired) electrons. The molecule has 2 N–H and O–H groups in total. The SMILES string of the molecule is CC(C)c1nc(C(=O)NC2CCCNC2)nn1-c1ccccc1Cl.Cl. The van der Waals surface area contributed by atoms with Gasteiger partial charge in [-0.25, -0.2) is 9.67 Å². The predicted molar refractivity (Wildman–Crippen MR) is 101 cm³/mol. The molecule has 136 valence electrons. The summed E-state index contributed by atoms with van der Waals surface area (Å²) in [5, 5.41) is 11.3. The van der Waals surface area contributed by atoms with Gasteiger partial charge in [0.25, 0.3) is 5.91 Å². The van der Waals surface area contributed by atoms with Crippen molar-refractivity contribution >= 4 is 29.9 Å². The second-order valence-corrected chi connectivity index (χ2v) is 6.74. The molecule has 0 aliphatic carbocycles. The maximum absolute atomic E-state index is 12.5. The van der Waals surface area contributed by atoms with Crippen LogP contribution in [0.2, 0.25) is 5.02 Å². The number of halogens is 2. The van der Waals surface area contributed by atoms with Gasteiger partial charge in [0, 0.05) is 18.5 Å². The van der Waals surface area contributed by atoms with Crippen LogP contribution in [0.3, 0.4) is 0 Å². The van der Waals surface area contributed by atoms with Crippen LogP contribution in [0.15, 0.2) is 24.3 Å². The minimum atomic E-state index is -0.239. The van der Waals surface area contributed by atoms with Gasteiger partial charge in [0.05, 0.1) is 10.7 Å². The summed E-state index contributed by atoms with van der Waals surface area (Å²) in [7, 11) is 0. The van der Waals surface area contributed by atoms with Crippen molar-refractivity contribution in [2.75, 3.05) is 13.1 Å². The lowest BCUT2D eigenvalue weighted by Gasteiger charge is -2.23. The van der Waals surface area contributed by atoms with Gasteiger partial charge in [0.1, 0.15) is 5.82 Å². The second kappa shape index (κ2) is 8.65. The fourth-order valence-corrected chi connectivity index (χ4v) is 3.04. The molecular weight excluding hydrogens is 361 g/mol. The number of nitrogens with one attached hydrogen (secondary N) is 2. The number of carbonyl (C=O) groups is 1. The van der Waals surface area contributed by atoms with Crippen molar-refractivity contribution < 1.29 is 4.79 Å². The van der Waals surface area contributed by atoms with E-state index in [2.05, 4.69) is 20.7 Å². The number of para-hydroxylation sites is 1. The molecule has 8 heteroatoms. The zero-order chi connectivity index (χ0) is 17.1. The predicted octanol–water partition coefficient (Wildman–Crippen LogP) is 2.95. The third kappa shape index (κ3) is 4.51. The van der Waals surface area contributed by atoms with Crippen molar-refractivity contribution in [3.8, 4) is 5.69 Å². The molecule has 0 saturated carbocycles. The van der Waals surface area contributed by atoms with Crippen LogP contribution in [-0.4, -0.2) is 39.8 Å². The molecule has 1 unspecified atom stereocenters. The van der Waals surface area contributed by atoms with Crippen molar-refractivity contribution in [3.63, 3.8) is 0 Å². The molecule has 0 spiro atoms. The molecule has 6 nitrogen and oxygen atoms in total. The van der Waals surface area contributed by atoms with Crippen molar-refractivity contribution in [2.45, 2.75) is 38.6 Å². The highest BCUT2D eigenvalue weighted by atomic mass is 35.5. The zero-order valence-corrected chi connectivity index (χ0v) is 15.9. The zero-order valence-electron chi connectivity index (χ0n) is 14.3. The molecule has 1 aromatic carbocycles. The first-order valence-electron chi connectivity index (χ1n) is 8.29. The van der Waals surface area contributed by atoms with Gasteiger partial charge in [-0.15, -0.1) is 17.5 Å². The van der Waals surface area contributed by atoms with Crippen molar-refractivity contribution in [1.29, 1.82) is 0 Å². The monoisotopic (exact) mass is 383 g/mol. The van der Waals surface area contributed by atoms with Gasteiger partial charge in [-0.1, -0.05) is 37.6 Å². The normalized spacial score (nSPS) is 17.2. The average molecular weight is 384 g/mol. The van der Waals surface area contributed by atoms with Crippen LogP contribution in [0.5, 0.6) is 0 Å². The van der Waals surface area contributed by atoms with Crippen molar-refractivity contribution in [2.24, 2.45) is 0 Å². The van der Waals surface area contributed by atoms with E-state index in [1.807, 2.05) is 32.0 Å². The molecular formula is C17H23Cl2N5O. The summed E-state index contributed by atoms with van der Waals surface area (Å²) in [5.74, 6) is 0.780. The summed E-state index contributed by atoms with van der Waals surface area (Å²) in [6.07, 6.45) is 2.03. The Morgan fingerprint density at radius 2 is 2.16 bits per heavy atom. The van der Waals surface area contributed by atoms with Gasteiger partial charge < -0.3 is 10.6 Å². The quantitative estimate of drug-likeness (QED) is 0.850. The Labute approximate surface area is 158 Å². The van der Waals surface area contributed by atoms with E-state index in [1.54, 1.807) is 10.7 Å². The molecule has 25 heavy (non-hydrogen) atoms. The molecule has 1 aliphatic heterocycles. The number of nitrogens with zero attached hydrogens (tertiary/aromatic N) is 3. The van der Waals surface area contributed by atoms with E-state index in [4.69, 9.17) is 11.6 Å². The lowest BCUT2D eigenvalue weighted by atomic mass is 10.1. The van der Waals surface area contributed by atoms with Crippen LogP contribution in [0.1, 0.15) is 49.1 Å². The Bertz CT molecular complexity index is 726. The molecule has 2 aromatic rings. The standard InChI is InChI=1S/C17H22ClN5O.ClH/c1-11(2)16-21-15(17(24)20-12-6-5-9-19-10-12)22-23(16)14-8-4-3-7-13(14)18;/h3-4,7-8,11-12,19H,5-6,9-10H2,1-2H3,(H,20,24);1H. The number of piperidine rings is 1. The number of hydrogen-bond acceptors (Lipinski definition) is 4. The van der Waals surface area contributed by atoms with Crippen LogP contribution in [0, 0.1) is 0 Å². The Morgan fingerprint density at radius 1 is 1.40 bits per heavy atom. The smallest absolute Gasteiger partial charge is 0.291 e. The Kier molecular flexibility index (Phi) is 6.81. The van der Waals surface area contributed by atoms with Crippen LogP contribution in [-0.2, 0) is 0 Å². The lowest BCUT2D eigenvalue weighted by molar-refractivity contribution is 0.0920. The first-order valence-corrected chi connectivity index (χ1v) is 8.67. The highest BCUT2D eigenvalue weighted by Crippen LogP contribution is 2.23. The van der Waals surface area contributed by atoms with Crippen LogP contribution in [0.25, 0.3) is 5.69 Å². The van der Waals surface area contributed by atoms with E-state index in [1.165, 1.54) is 0 Å². The number of benzene rings is 1. The summed E-state index contributed by atoms with van der Waals surface area (Å²) in [4.78, 5) is 17.0. The van der Waals surface area contributed by atoms with Gasteiger partial charge in [-0.05, 0) is 31.5 Å². The molecule has 1 aliphatic rings. The third-order valence-corrected chi connectivity index (χ3v) is 4.38. The number of aromatic nitrogens is 3. The van der Waals surface area contributed by atoms with E-state index >= 15 is 0 Å². The number of amides is 1. The average Bonchev–Trinajstić information content (AvgIpc) is 3.02. The van der Waals surface area contributed by atoms with Gasteiger partial charge in [0.2, 0.25) is 5.82 Å². The van der Waals surface area contributed by atoms with E-state index in [0.717, 1.165) is 37.4 Å². The number of hydrogen-bond donors (Lipinski definition) is 2. The van der Waals surface area contributed by atoms with Gasteiger partial charge in [-0.3, -0.25) is 4.79 Å². The number of rotatable bonds is 4. The maximum atomic E-state index is 12.5. The molecule has 1 saturated heterocycles. The topological polar surface area (TPSA) is 71.8 Å². The largest absolute Gasteiger partial charge is 0.345 e. The first kappa shape index (κ1) is 19.7. The summed E-state index contributed by atoms with van der Waals surface area (Å²) in [5.41, 5.74) is 0.730. The Morgan fingerprint density at radius 3 is 2.80 bits per heavy atom. The number of carbonyl (C=O) groups excluding carboxylic acids is 1. The minimum Gasteiger partial charge on any atom is -0.345 e. The first-order chi connectivity index (χ1) is 11.6. The molecule has 1 fully saturated rings. The molecule has 1 atom stereocenters. The lowest BCUT2D eigenvalue weighted by Crippen LogP contribution is -2.45. The fraction of sp³-hybridized carbons (Fsp3) is 0.471. The molecule has 3 rings (SSSR count). The van der Waals surface area contributed by atoms with Crippen LogP contribution < -0.4 is 10.6 Å². The van der Waals surface area contributed by atoms with Gasteiger partial charge >= 0.3 is 0 Å². The molecule has 1 amide bonds. The molecule has 1 aromatic heterocycles. The fourth-order valence-electron chi connectivity index (χ4n) is 2.82. The van der Waals surface area contributed by atoms with Crippen molar-refractivity contribution in [1.82, 2.24) is 25.4 Å². The van der Waals surface area contributed by atoms with Crippen LogP contribution >= 0.6 is 24.0 Å². The van der Waals surface area contributed by atoms with Gasteiger partial charge in [0.15, 0.2) is 0 Å². The highest BCUT2D eigenvalue weighted by molar-refractivity contribution is 6.32. The van der Waals surface area contributed by atoms with E-state index in [0.29, 0.717) is 5.02 Å². The Balaban J connectivity index is 0.00000225. The highest BCUT2D eigenvalue weighted by Gasteiger charge is 2.23. The summed E-state index contributed by atoms with van der Waals surface area (Å²) < 4.78 is 1.67. The van der Waals surface area contributed by atoms with E-state index < -0.39 is 0 Å². The third-order valence-electron chi connectivity index (χ3n) is 4.06. The van der Waals surface area contributed by atoms with Crippen LogP contribution in [0.4, 0.5) is 0 Å². The van der Waals surface area contributed by atoms with Gasteiger partial charge in [-0.2, -0.15) is 0 Å². The molecule has 2 heterocycles. The maximum Gasteiger partial charge on any atom is 0.291 e.